The van der Waals surface area contributed by atoms with Gasteiger partial charge in [0.1, 0.15) is 11.5 Å². The molecule has 6 rings (SSSR count). The van der Waals surface area contributed by atoms with Crippen molar-refractivity contribution in [3.63, 3.8) is 0 Å². The molecular weight excluding hydrogens is 414 g/mol. The summed E-state index contributed by atoms with van der Waals surface area (Å²) in [5.74, 6) is 1.95. The molecule has 0 aliphatic heterocycles. The van der Waals surface area contributed by atoms with E-state index in [1.54, 1.807) is 6.20 Å². The van der Waals surface area contributed by atoms with E-state index in [1.165, 1.54) is 0 Å². The van der Waals surface area contributed by atoms with Crippen LogP contribution in [0.5, 0.6) is 11.5 Å². The van der Waals surface area contributed by atoms with E-state index < -0.39 is 0 Å². The number of H-pyrrole nitrogens is 1. The van der Waals surface area contributed by atoms with Gasteiger partial charge in [-0.25, -0.2) is 9.50 Å². The number of tetrazole rings is 1. The zero-order valence-corrected chi connectivity index (χ0v) is 17.3. The van der Waals surface area contributed by atoms with Gasteiger partial charge in [0.25, 0.3) is 0 Å². The second-order valence-corrected chi connectivity index (χ2v) is 7.36. The van der Waals surface area contributed by atoms with Crippen LogP contribution in [0, 0.1) is 0 Å². The second kappa shape index (κ2) is 8.01. The Morgan fingerprint density at radius 1 is 0.727 bits per heavy atom. The maximum absolute atomic E-state index is 6.08. The van der Waals surface area contributed by atoms with Crippen molar-refractivity contribution in [3.05, 3.63) is 97.3 Å². The molecule has 0 aliphatic carbocycles. The van der Waals surface area contributed by atoms with Gasteiger partial charge in [0.15, 0.2) is 5.65 Å². The highest BCUT2D eigenvalue weighted by Crippen LogP contribution is 2.35. The number of nitrogens with zero attached hydrogens (tertiary/aromatic N) is 6. The molecule has 0 aliphatic rings. The van der Waals surface area contributed by atoms with Crippen molar-refractivity contribution in [1.29, 1.82) is 0 Å². The lowest BCUT2D eigenvalue weighted by Gasteiger charge is -2.13. The summed E-state index contributed by atoms with van der Waals surface area (Å²) in [5, 5.41) is 19.0. The fourth-order valence-corrected chi connectivity index (χ4v) is 3.80. The topological polar surface area (TPSA) is 93.9 Å². The van der Waals surface area contributed by atoms with Crippen LogP contribution in [0.1, 0.15) is 0 Å². The number of nitrogens with one attached hydrogen (secondary N) is 1. The van der Waals surface area contributed by atoms with Gasteiger partial charge >= 0.3 is 0 Å². The van der Waals surface area contributed by atoms with Crippen molar-refractivity contribution < 1.29 is 4.74 Å². The molecular formula is C25H17N7O. The Morgan fingerprint density at radius 3 is 2.27 bits per heavy atom. The normalized spacial score (nSPS) is 11.0. The minimum absolute atomic E-state index is 0.442. The van der Waals surface area contributed by atoms with Gasteiger partial charge in [-0.2, -0.15) is 10.3 Å². The maximum Gasteiger partial charge on any atom is 0.210 e. The summed E-state index contributed by atoms with van der Waals surface area (Å²) in [6.07, 6.45) is 3.56. The molecule has 0 unspecified atom stereocenters. The van der Waals surface area contributed by atoms with Crippen molar-refractivity contribution in [2.24, 2.45) is 0 Å². The van der Waals surface area contributed by atoms with E-state index in [1.807, 2.05) is 83.5 Å². The molecule has 1 N–H and O–H groups in total. The van der Waals surface area contributed by atoms with Crippen LogP contribution in [0.25, 0.3) is 39.4 Å². The van der Waals surface area contributed by atoms with Gasteiger partial charge in [-0.05, 0) is 35.0 Å². The van der Waals surface area contributed by atoms with Crippen molar-refractivity contribution in [2.45, 2.75) is 0 Å². The number of para-hydroxylation sites is 1. The van der Waals surface area contributed by atoms with Crippen molar-refractivity contribution in [3.8, 4) is 45.3 Å². The van der Waals surface area contributed by atoms with Crippen molar-refractivity contribution >= 4 is 5.65 Å². The first kappa shape index (κ1) is 18.9. The molecule has 158 valence electrons. The Hall–Kier alpha value is -4.85. The fraction of sp³-hybridized carbons (Fsp3) is 0. The van der Waals surface area contributed by atoms with Crippen LogP contribution in [0.15, 0.2) is 97.3 Å². The first-order chi connectivity index (χ1) is 16.4. The zero-order valence-electron chi connectivity index (χ0n) is 17.3. The van der Waals surface area contributed by atoms with Crippen LogP contribution in [0.3, 0.4) is 0 Å². The molecule has 0 radical (unpaired) electrons. The van der Waals surface area contributed by atoms with Gasteiger partial charge in [0.2, 0.25) is 5.82 Å². The van der Waals surface area contributed by atoms with E-state index >= 15 is 0 Å². The van der Waals surface area contributed by atoms with Gasteiger partial charge in [-0.3, -0.25) is 0 Å². The molecule has 0 saturated carbocycles. The lowest BCUT2D eigenvalue weighted by Crippen LogP contribution is -2.00. The SMILES string of the molecule is c1ccc(Oc2cccc(-c3c(-c4ccccc4)cnc4c(-c5nn[nH]n5)cnn34)c2)cc1. The summed E-state index contributed by atoms with van der Waals surface area (Å²) in [7, 11) is 0. The lowest BCUT2D eigenvalue weighted by molar-refractivity contribution is 0.483. The standard InChI is InChI=1S/C25H17N7O/c1-3-8-17(9-4-1)21-15-26-25-22(24-28-30-31-29-24)16-27-32(25)23(21)18-10-7-13-20(14-18)33-19-11-5-2-6-12-19/h1-16H,(H,28,29,30,31). The quantitative estimate of drug-likeness (QED) is 0.411. The van der Waals surface area contributed by atoms with Gasteiger partial charge in [0, 0.05) is 17.3 Å². The average molecular weight is 431 g/mol. The van der Waals surface area contributed by atoms with Crippen molar-refractivity contribution in [2.75, 3.05) is 0 Å². The molecule has 33 heavy (non-hydrogen) atoms. The minimum Gasteiger partial charge on any atom is -0.457 e. The average Bonchev–Trinajstić information content (AvgIpc) is 3.55. The molecule has 3 aromatic heterocycles. The van der Waals surface area contributed by atoms with Crippen LogP contribution < -0.4 is 4.74 Å². The van der Waals surface area contributed by atoms with Crippen LogP contribution in [-0.2, 0) is 0 Å². The molecule has 0 atom stereocenters. The van der Waals surface area contributed by atoms with Gasteiger partial charge in [-0.1, -0.05) is 60.7 Å². The molecule has 6 aromatic rings. The summed E-state index contributed by atoms with van der Waals surface area (Å²) in [4.78, 5) is 4.70. The predicted octanol–water partition coefficient (Wildman–Crippen LogP) is 5.04. The Kier molecular flexibility index (Phi) is 4.58. The molecule has 0 spiro atoms. The van der Waals surface area contributed by atoms with E-state index in [-0.39, 0.29) is 0 Å². The first-order valence-electron chi connectivity index (χ1n) is 10.4. The van der Waals surface area contributed by atoms with Gasteiger partial charge in [-0.15, -0.1) is 10.2 Å². The second-order valence-electron chi connectivity index (χ2n) is 7.36. The monoisotopic (exact) mass is 431 g/mol. The molecule has 8 nitrogen and oxygen atoms in total. The molecule has 0 bridgehead atoms. The Labute approximate surface area is 188 Å². The zero-order chi connectivity index (χ0) is 22.0. The van der Waals surface area contributed by atoms with Crippen LogP contribution >= 0.6 is 0 Å². The van der Waals surface area contributed by atoms with E-state index in [2.05, 4.69) is 37.9 Å². The predicted molar refractivity (Wildman–Crippen MR) is 124 cm³/mol. The summed E-state index contributed by atoms with van der Waals surface area (Å²) < 4.78 is 7.90. The molecule has 0 fully saturated rings. The lowest BCUT2D eigenvalue weighted by atomic mass is 10.0. The number of hydrogen-bond acceptors (Lipinski definition) is 6. The third kappa shape index (κ3) is 3.49. The fourth-order valence-electron chi connectivity index (χ4n) is 3.80. The molecule has 3 heterocycles. The van der Waals surface area contributed by atoms with E-state index in [0.717, 1.165) is 33.9 Å². The Morgan fingerprint density at radius 2 is 1.48 bits per heavy atom. The molecule has 8 heteroatoms. The highest BCUT2D eigenvalue weighted by molar-refractivity contribution is 5.85. The smallest absolute Gasteiger partial charge is 0.210 e. The Bertz CT molecular complexity index is 1530. The molecule has 3 aromatic carbocycles. The van der Waals surface area contributed by atoms with Crippen LogP contribution in [0.4, 0.5) is 0 Å². The van der Waals surface area contributed by atoms with E-state index in [0.29, 0.717) is 17.0 Å². The number of hydrogen-bond donors (Lipinski definition) is 1. The largest absolute Gasteiger partial charge is 0.457 e. The summed E-state index contributed by atoms with van der Waals surface area (Å²) in [5.41, 5.74) is 5.15. The Balaban J connectivity index is 1.55. The van der Waals surface area contributed by atoms with E-state index in [9.17, 15) is 0 Å². The highest BCUT2D eigenvalue weighted by atomic mass is 16.5. The number of fused-ring (bicyclic) bond motifs is 1. The maximum atomic E-state index is 6.08. The molecule has 0 amide bonds. The van der Waals surface area contributed by atoms with Crippen molar-refractivity contribution in [1.82, 2.24) is 35.2 Å². The minimum atomic E-state index is 0.442. The first-order valence-corrected chi connectivity index (χ1v) is 10.4. The third-order valence-corrected chi connectivity index (χ3v) is 5.28. The number of rotatable bonds is 5. The number of aromatic amines is 1. The summed E-state index contributed by atoms with van der Waals surface area (Å²) in [6, 6.07) is 27.8. The number of ether oxygens (including phenoxy) is 1. The third-order valence-electron chi connectivity index (χ3n) is 5.28. The summed E-state index contributed by atoms with van der Waals surface area (Å²) >= 11 is 0. The number of aromatic nitrogens is 7. The van der Waals surface area contributed by atoms with Crippen LogP contribution in [-0.4, -0.2) is 35.2 Å². The molecule has 0 saturated heterocycles. The van der Waals surface area contributed by atoms with E-state index in [4.69, 9.17) is 9.72 Å². The highest BCUT2D eigenvalue weighted by Gasteiger charge is 2.19. The van der Waals surface area contributed by atoms with Crippen LogP contribution in [0.2, 0.25) is 0 Å². The van der Waals surface area contributed by atoms with Gasteiger partial charge in [0.05, 0.1) is 17.5 Å². The van der Waals surface area contributed by atoms with Gasteiger partial charge < -0.3 is 4.74 Å². The summed E-state index contributed by atoms with van der Waals surface area (Å²) in [6.45, 7) is 0. The number of benzene rings is 3.